The van der Waals surface area contributed by atoms with Crippen molar-refractivity contribution in [3.05, 3.63) is 0 Å². The topological polar surface area (TPSA) is 140 Å². The van der Waals surface area contributed by atoms with Gasteiger partial charge in [0.1, 0.15) is 24.4 Å². The van der Waals surface area contributed by atoms with E-state index in [1.807, 2.05) is 13.8 Å². The van der Waals surface area contributed by atoms with Crippen LogP contribution in [0.1, 0.15) is 27.2 Å². The van der Waals surface area contributed by atoms with Crippen LogP contribution in [0.5, 0.6) is 0 Å². The molecule has 0 aromatic heterocycles. The largest absolute Gasteiger partial charge is 0.394 e. The van der Waals surface area contributed by atoms with Crippen molar-refractivity contribution in [2.75, 3.05) is 6.61 Å². The second-order valence-corrected chi connectivity index (χ2v) is 8.20. The molecule has 8 nitrogen and oxygen atoms in total. The first-order chi connectivity index (χ1) is 11.1. The van der Waals surface area contributed by atoms with Gasteiger partial charge in [-0.15, -0.1) is 0 Å². The maximum absolute atomic E-state index is 10.6. The zero-order chi connectivity index (χ0) is 18.0. The number of hydrogen-bond donors (Lipinski definition) is 6. The molecule has 0 aromatic carbocycles. The molecule has 0 aromatic rings. The van der Waals surface area contributed by atoms with Crippen molar-refractivity contribution in [2.45, 2.75) is 76.2 Å². The molecule has 0 unspecified atom stereocenters. The molecule has 2 saturated carbocycles. The normalized spacial score (nSPS) is 56.6. The molecule has 1 aliphatic heterocycles. The second-order valence-electron chi connectivity index (χ2n) is 8.20. The van der Waals surface area contributed by atoms with Gasteiger partial charge in [0.15, 0.2) is 6.29 Å². The summed E-state index contributed by atoms with van der Waals surface area (Å²) in [6.07, 6.45) is -8.48. The van der Waals surface area contributed by atoms with E-state index in [0.717, 1.165) is 0 Å². The number of aliphatic hydroxyl groups excluding tert-OH is 6. The molecule has 1 saturated heterocycles. The highest BCUT2D eigenvalue weighted by molar-refractivity contribution is 5.19. The molecule has 8 heteroatoms. The van der Waals surface area contributed by atoms with Crippen LogP contribution in [0.15, 0.2) is 0 Å². The molecule has 1 heterocycles. The molecular formula is C16H28O8. The van der Waals surface area contributed by atoms with Gasteiger partial charge in [-0.05, 0) is 17.8 Å². The van der Waals surface area contributed by atoms with Crippen molar-refractivity contribution in [3.8, 4) is 0 Å². The molecular weight excluding hydrogens is 320 g/mol. The number of fused-ring (bicyclic) bond motifs is 2. The van der Waals surface area contributed by atoms with Gasteiger partial charge in [-0.1, -0.05) is 20.8 Å². The number of rotatable bonds is 3. The van der Waals surface area contributed by atoms with Crippen LogP contribution in [0.25, 0.3) is 0 Å². The first kappa shape index (κ1) is 18.5. The molecule has 6 N–H and O–H groups in total. The van der Waals surface area contributed by atoms with Crippen molar-refractivity contribution in [1.29, 1.82) is 0 Å². The van der Waals surface area contributed by atoms with Crippen molar-refractivity contribution in [1.82, 2.24) is 0 Å². The van der Waals surface area contributed by atoms with Gasteiger partial charge in [-0.25, -0.2) is 0 Å². The molecule has 24 heavy (non-hydrogen) atoms. The van der Waals surface area contributed by atoms with E-state index in [4.69, 9.17) is 9.47 Å². The predicted octanol–water partition coefficient (Wildman–Crippen LogP) is -2.04. The van der Waals surface area contributed by atoms with E-state index < -0.39 is 66.5 Å². The Labute approximate surface area is 140 Å². The van der Waals surface area contributed by atoms with Gasteiger partial charge in [0.2, 0.25) is 0 Å². The first-order valence-corrected chi connectivity index (χ1v) is 8.38. The summed E-state index contributed by atoms with van der Waals surface area (Å²) in [4.78, 5) is 0. The minimum atomic E-state index is -1.52. The maximum Gasteiger partial charge on any atom is 0.187 e. The molecule has 0 radical (unpaired) electrons. The van der Waals surface area contributed by atoms with Crippen LogP contribution in [-0.2, 0) is 9.47 Å². The number of ether oxygens (including phenoxy) is 2. The Balaban J connectivity index is 1.84. The number of hydrogen-bond acceptors (Lipinski definition) is 8. The van der Waals surface area contributed by atoms with Crippen molar-refractivity contribution < 1.29 is 40.1 Å². The zero-order valence-corrected chi connectivity index (χ0v) is 14.1. The molecule has 3 fully saturated rings. The van der Waals surface area contributed by atoms with E-state index >= 15 is 0 Å². The van der Waals surface area contributed by atoms with E-state index in [2.05, 4.69) is 0 Å². The van der Waals surface area contributed by atoms with Crippen LogP contribution in [0.4, 0.5) is 0 Å². The summed E-state index contributed by atoms with van der Waals surface area (Å²) in [5.41, 5.74) is -1.40. The van der Waals surface area contributed by atoms with Crippen LogP contribution in [0, 0.1) is 16.7 Å². The lowest BCUT2D eigenvalue weighted by molar-refractivity contribution is -0.331. The monoisotopic (exact) mass is 348 g/mol. The average Bonchev–Trinajstić information content (AvgIpc) is 2.83. The molecule has 2 bridgehead atoms. The van der Waals surface area contributed by atoms with Gasteiger partial charge in [0, 0.05) is 5.41 Å². The standard InChI is InChI=1S/C16H28O8/c1-15(2)6-4-8(18)16(3,12(6)22)14(15)24-13-11(21)10(20)9(19)7(5-17)23-13/h6-14,17-22H,4-5H2,1-3H3/t6-,7-,8-,9-,10+,11-,12-,13+,14+,16+/m1/s1. The average molecular weight is 348 g/mol. The van der Waals surface area contributed by atoms with Crippen LogP contribution in [-0.4, -0.2) is 86.3 Å². The Hall–Kier alpha value is -0.320. The highest BCUT2D eigenvalue weighted by Gasteiger charge is 2.70. The maximum atomic E-state index is 10.6. The quantitative estimate of drug-likeness (QED) is 0.343. The molecule has 2 aliphatic carbocycles. The highest BCUT2D eigenvalue weighted by Crippen LogP contribution is 2.63. The zero-order valence-electron chi connectivity index (χ0n) is 14.1. The van der Waals surface area contributed by atoms with Gasteiger partial charge in [0.05, 0.1) is 24.9 Å². The minimum absolute atomic E-state index is 0.160. The molecule has 3 aliphatic rings. The summed E-state index contributed by atoms with van der Waals surface area (Å²) in [5.74, 6) is -0.160. The van der Waals surface area contributed by atoms with Crippen LogP contribution < -0.4 is 0 Å². The Morgan fingerprint density at radius 2 is 1.62 bits per heavy atom. The lowest BCUT2D eigenvalue weighted by Crippen LogP contribution is -2.62. The fourth-order valence-electron chi connectivity index (χ4n) is 4.93. The SMILES string of the molecule is CC1(C)[C@@H]2C[C@@H](O)[C@@](C)([C@@H]2O)[C@H]1O[C@@H]1O[C@H](CO)[C@@H](O)[C@H](O)[C@H]1O. The van der Waals surface area contributed by atoms with E-state index in [0.29, 0.717) is 6.42 Å². The third kappa shape index (κ3) is 2.29. The molecule has 0 amide bonds. The minimum Gasteiger partial charge on any atom is -0.394 e. The Morgan fingerprint density at radius 1 is 1.00 bits per heavy atom. The van der Waals surface area contributed by atoms with Gasteiger partial charge < -0.3 is 40.1 Å². The third-order valence-corrected chi connectivity index (χ3v) is 6.53. The van der Waals surface area contributed by atoms with Crippen molar-refractivity contribution in [3.63, 3.8) is 0 Å². The molecule has 3 rings (SSSR count). The predicted molar refractivity (Wildman–Crippen MR) is 80.6 cm³/mol. The lowest BCUT2D eigenvalue weighted by Gasteiger charge is -2.48. The third-order valence-electron chi connectivity index (χ3n) is 6.53. The summed E-state index contributed by atoms with van der Waals surface area (Å²) in [6, 6.07) is 0. The van der Waals surface area contributed by atoms with E-state index in [1.54, 1.807) is 6.92 Å². The summed E-state index contributed by atoms with van der Waals surface area (Å²) in [7, 11) is 0. The highest BCUT2D eigenvalue weighted by atomic mass is 16.7. The van der Waals surface area contributed by atoms with E-state index in [1.165, 1.54) is 0 Å². The smallest absolute Gasteiger partial charge is 0.187 e. The van der Waals surface area contributed by atoms with Crippen molar-refractivity contribution in [2.24, 2.45) is 16.7 Å². The van der Waals surface area contributed by atoms with E-state index in [-0.39, 0.29) is 5.92 Å². The second kappa shape index (κ2) is 5.85. The van der Waals surface area contributed by atoms with Gasteiger partial charge in [-0.2, -0.15) is 0 Å². The van der Waals surface area contributed by atoms with Crippen LogP contribution in [0.2, 0.25) is 0 Å². The summed E-state index contributed by atoms with van der Waals surface area (Å²) < 4.78 is 11.3. The van der Waals surface area contributed by atoms with Gasteiger partial charge in [0.25, 0.3) is 0 Å². The number of aliphatic hydroxyl groups is 6. The van der Waals surface area contributed by atoms with Crippen LogP contribution >= 0.6 is 0 Å². The summed E-state index contributed by atoms with van der Waals surface area (Å²) >= 11 is 0. The summed E-state index contributed by atoms with van der Waals surface area (Å²) in [6.45, 7) is 5.05. The Morgan fingerprint density at radius 3 is 2.17 bits per heavy atom. The fraction of sp³-hybridized carbons (Fsp3) is 1.00. The molecule has 0 spiro atoms. The fourth-order valence-corrected chi connectivity index (χ4v) is 4.93. The molecule has 10 atom stereocenters. The van der Waals surface area contributed by atoms with Gasteiger partial charge >= 0.3 is 0 Å². The van der Waals surface area contributed by atoms with E-state index in [9.17, 15) is 30.6 Å². The Kier molecular flexibility index (Phi) is 4.50. The van der Waals surface area contributed by atoms with Crippen molar-refractivity contribution >= 4 is 0 Å². The van der Waals surface area contributed by atoms with Gasteiger partial charge in [-0.3, -0.25) is 0 Å². The lowest BCUT2D eigenvalue weighted by atomic mass is 9.68. The Bertz CT molecular complexity index is 483. The molecule has 140 valence electrons. The first-order valence-electron chi connectivity index (χ1n) is 8.38. The summed E-state index contributed by atoms with van der Waals surface area (Å²) in [5, 5.41) is 60.1. The van der Waals surface area contributed by atoms with Crippen LogP contribution in [0.3, 0.4) is 0 Å².